The van der Waals surface area contributed by atoms with Crippen LogP contribution in [0.15, 0.2) is 30.3 Å². The number of benzene rings is 2. The van der Waals surface area contributed by atoms with Crippen molar-refractivity contribution in [2.24, 2.45) is 0 Å². The Hall–Kier alpha value is -1.97. The second-order valence-corrected chi connectivity index (χ2v) is 9.92. The van der Waals surface area contributed by atoms with E-state index in [4.69, 9.17) is 14.3 Å². The van der Waals surface area contributed by atoms with Crippen molar-refractivity contribution >= 4 is 34.5 Å². The molecule has 6 nitrogen and oxygen atoms in total. The molecule has 0 unspecified atom stereocenters. The summed E-state index contributed by atoms with van der Waals surface area (Å²) < 4.78 is 12.5. The molecule has 0 fully saturated rings. The quantitative estimate of drug-likeness (QED) is 0.353. The van der Waals surface area contributed by atoms with Gasteiger partial charge in [0.25, 0.3) is 0 Å². The summed E-state index contributed by atoms with van der Waals surface area (Å²) in [4.78, 5) is 31.1. The van der Waals surface area contributed by atoms with Gasteiger partial charge in [0.05, 0.1) is 30.9 Å². The van der Waals surface area contributed by atoms with Gasteiger partial charge in [-0.3, -0.25) is 0 Å². The second-order valence-electron chi connectivity index (χ2n) is 8.84. The zero-order chi connectivity index (χ0) is 23.6. The van der Waals surface area contributed by atoms with E-state index >= 15 is 0 Å². The smallest absolute Gasteiger partial charge is 0.357 e. The fraction of sp³-hybridized carbons (Fsp3) is 0.440. The number of ether oxygens (including phenoxy) is 2. The first-order valence-corrected chi connectivity index (χ1v) is 11.8. The summed E-state index contributed by atoms with van der Waals surface area (Å²) in [6.07, 6.45) is -0.827. The fourth-order valence-corrected chi connectivity index (χ4v) is 4.88. The summed E-state index contributed by atoms with van der Waals surface area (Å²) in [5, 5.41) is 1.67. The molecule has 7 heteroatoms. The third-order valence-electron chi connectivity index (χ3n) is 5.36. The van der Waals surface area contributed by atoms with Gasteiger partial charge in [0.1, 0.15) is 0 Å². The van der Waals surface area contributed by atoms with Gasteiger partial charge in [0.15, 0.2) is 6.10 Å². The van der Waals surface area contributed by atoms with Gasteiger partial charge in [-0.05, 0) is 98.5 Å². The lowest BCUT2D eigenvalue weighted by atomic mass is 9.91. The van der Waals surface area contributed by atoms with Gasteiger partial charge in [-0.15, -0.1) is 5.06 Å². The van der Waals surface area contributed by atoms with Crippen LogP contribution >= 0.6 is 22.6 Å². The van der Waals surface area contributed by atoms with Crippen molar-refractivity contribution in [2.45, 2.75) is 66.3 Å². The molecule has 0 aromatic heterocycles. The first-order valence-electron chi connectivity index (χ1n) is 10.7. The van der Waals surface area contributed by atoms with Crippen LogP contribution in [0.5, 0.6) is 0 Å². The molecule has 1 atom stereocenters. The Bertz CT molecular complexity index is 1010. The Kier molecular flexibility index (Phi) is 7.62. The van der Waals surface area contributed by atoms with Crippen molar-refractivity contribution < 1.29 is 23.9 Å². The molecule has 0 N–H and O–H groups in total. The molecule has 0 amide bonds. The van der Waals surface area contributed by atoms with E-state index in [9.17, 15) is 9.59 Å². The van der Waals surface area contributed by atoms with Gasteiger partial charge in [-0.25, -0.2) is 9.59 Å². The maximum absolute atomic E-state index is 12.9. The molecular formula is C25H30INO5. The Labute approximate surface area is 203 Å². The molecule has 1 aliphatic heterocycles. The van der Waals surface area contributed by atoms with E-state index in [0.29, 0.717) is 18.7 Å². The average molecular weight is 551 g/mol. The second kappa shape index (κ2) is 9.89. The van der Waals surface area contributed by atoms with E-state index in [2.05, 4.69) is 22.6 Å². The molecule has 1 heterocycles. The zero-order valence-electron chi connectivity index (χ0n) is 19.5. The van der Waals surface area contributed by atoms with Crippen LogP contribution in [0.2, 0.25) is 0 Å². The number of rotatable bonds is 6. The number of hydrogen-bond acceptors (Lipinski definition) is 6. The minimum atomic E-state index is -0.827. The van der Waals surface area contributed by atoms with Crippen LogP contribution in [-0.2, 0) is 32.2 Å². The van der Waals surface area contributed by atoms with Crippen LogP contribution in [0.3, 0.4) is 0 Å². The lowest BCUT2D eigenvalue weighted by Crippen LogP contribution is -2.30. The van der Waals surface area contributed by atoms with Gasteiger partial charge in [0, 0.05) is 9.13 Å². The van der Waals surface area contributed by atoms with Gasteiger partial charge < -0.3 is 14.3 Å². The first-order chi connectivity index (χ1) is 15.0. The minimum Gasteiger partial charge on any atom is -0.464 e. The predicted molar refractivity (Wildman–Crippen MR) is 130 cm³/mol. The number of carbonyl (C=O) groups excluding carboxylic acids is 2. The summed E-state index contributed by atoms with van der Waals surface area (Å²) >= 11 is 2.28. The normalized spacial score (nSPS) is 14.7. The highest BCUT2D eigenvalue weighted by Gasteiger charge is 2.36. The number of hydrogen-bond donors (Lipinski definition) is 0. The Morgan fingerprint density at radius 1 is 1.06 bits per heavy atom. The van der Waals surface area contributed by atoms with Crippen LogP contribution in [0.25, 0.3) is 0 Å². The Morgan fingerprint density at radius 2 is 1.66 bits per heavy atom. The molecule has 0 spiro atoms. The number of esters is 1. The third-order valence-corrected chi connectivity index (χ3v) is 6.75. The van der Waals surface area contributed by atoms with Crippen molar-refractivity contribution in [3.8, 4) is 0 Å². The lowest BCUT2D eigenvalue weighted by molar-refractivity contribution is -0.167. The van der Waals surface area contributed by atoms with Gasteiger partial charge in [0.2, 0.25) is 0 Å². The standard InChI is InChI=1S/C25H30INO5/c1-7-30-24(29)22(31-25(4,5)6)20-15(2)18-13-27(14-19(18)16(3)21(20)26)32-23(28)17-11-9-8-10-12-17/h8-12,22H,7,13-14H2,1-6H3/t22-/m0/s1. The van der Waals surface area contributed by atoms with Crippen molar-refractivity contribution in [1.29, 1.82) is 0 Å². The molecule has 2 aromatic rings. The largest absolute Gasteiger partial charge is 0.464 e. The van der Waals surface area contributed by atoms with Crippen LogP contribution < -0.4 is 0 Å². The van der Waals surface area contributed by atoms with Crippen LogP contribution in [0, 0.1) is 17.4 Å². The van der Waals surface area contributed by atoms with Crippen molar-refractivity contribution in [3.05, 3.63) is 67.3 Å². The molecule has 0 bridgehead atoms. The van der Waals surface area contributed by atoms with Crippen LogP contribution in [-0.4, -0.2) is 29.2 Å². The predicted octanol–water partition coefficient (Wildman–Crippen LogP) is 5.41. The average Bonchev–Trinajstić information content (AvgIpc) is 3.15. The molecule has 1 aliphatic rings. The van der Waals surface area contributed by atoms with Gasteiger partial charge in [-0.1, -0.05) is 18.2 Å². The summed E-state index contributed by atoms with van der Waals surface area (Å²) in [7, 11) is 0. The monoisotopic (exact) mass is 551 g/mol. The number of hydroxylamine groups is 2. The summed E-state index contributed by atoms with van der Waals surface area (Å²) in [6.45, 7) is 12.8. The molecule has 0 saturated carbocycles. The Morgan fingerprint density at radius 3 is 2.22 bits per heavy atom. The fourth-order valence-electron chi connectivity index (χ4n) is 3.87. The topological polar surface area (TPSA) is 65.1 Å². The van der Waals surface area contributed by atoms with E-state index in [1.165, 1.54) is 0 Å². The van der Waals surface area contributed by atoms with Gasteiger partial charge in [-0.2, -0.15) is 0 Å². The summed E-state index contributed by atoms with van der Waals surface area (Å²) in [5.74, 6) is -0.780. The SMILES string of the molecule is CCOC(=O)[C@@H](OC(C)(C)C)c1c(C)c2c(c(C)c1I)CN(OC(=O)c1ccccc1)C2. The van der Waals surface area contributed by atoms with Gasteiger partial charge >= 0.3 is 11.9 Å². The highest BCUT2D eigenvalue weighted by atomic mass is 127. The molecule has 32 heavy (non-hydrogen) atoms. The molecule has 2 aromatic carbocycles. The number of fused-ring (bicyclic) bond motifs is 1. The summed E-state index contributed by atoms with van der Waals surface area (Å²) in [5.41, 5.74) is 5.01. The van der Waals surface area contributed by atoms with Crippen molar-refractivity contribution in [3.63, 3.8) is 0 Å². The van der Waals surface area contributed by atoms with E-state index in [1.807, 2.05) is 52.8 Å². The molecule has 0 saturated heterocycles. The number of halogens is 1. The lowest BCUT2D eigenvalue weighted by Gasteiger charge is -2.29. The van der Waals surface area contributed by atoms with Crippen molar-refractivity contribution in [1.82, 2.24) is 5.06 Å². The molecular weight excluding hydrogens is 521 g/mol. The van der Waals surface area contributed by atoms with Crippen LogP contribution in [0.4, 0.5) is 0 Å². The maximum Gasteiger partial charge on any atom is 0.357 e. The molecule has 0 radical (unpaired) electrons. The number of carbonyl (C=O) groups is 2. The van der Waals surface area contributed by atoms with E-state index in [1.54, 1.807) is 24.1 Å². The molecule has 172 valence electrons. The summed E-state index contributed by atoms with van der Waals surface area (Å²) in [6, 6.07) is 8.94. The number of nitrogens with zero attached hydrogens (tertiary/aromatic N) is 1. The van der Waals surface area contributed by atoms with Crippen LogP contribution in [0.1, 0.15) is 72.0 Å². The Balaban J connectivity index is 1.95. The first kappa shape index (κ1) is 24.7. The minimum absolute atomic E-state index is 0.283. The van der Waals surface area contributed by atoms with E-state index < -0.39 is 17.7 Å². The zero-order valence-corrected chi connectivity index (χ0v) is 21.6. The van der Waals surface area contributed by atoms with Crippen molar-refractivity contribution in [2.75, 3.05) is 6.61 Å². The maximum atomic E-state index is 12.9. The van der Waals surface area contributed by atoms with E-state index in [-0.39, 0.29) is 12.6 Å². The third kappa shape index (κ3) is 5.32. The highest BCUT2D eigenvalue weighted by molar-refractivity contribution is 14.1. The highest BCUT2D eigenvalue weighted by Crippen LogP contribution is 2.40. The van der Waals surface area contributed by atoms with E-state index in [0.717, 1.165) is 31.4 Å². The molecule has 3 rings (SSSR count). The molecule has 0 aliphatic carbocycles.